The molecule has 3 aromatic rings. The van der Waals surface area contributed by atoms with Crippen molar-refractivity contribution in [1.82, 2.24) is 14.8 Å². The Labute approximate surface area is 258 Å². The molecule has 3 heterocycles. The van der Waals surface area contributed by atoms with E-state index in [1.807, 2.05) is 22.9 Å². The summed E-state index contributed by atoms with van der Waals surface area (Å²) in [6.07, 6.45) is 0.985. The first-order valence-corrected chi connectivity index (χ1v) is 14.4. The summed E-state index contributed by atoms with van der Waals surface area (Å²) in [5, 5.41) is 20.7. The molecule has 5 N–H and O–H groups in total. The lowest BCUT2D eigenvalue weighted by Crippen LogP contribution is -2.47. The maximum absolute atomic E-state index is 16.0. The van der Waals surface area contributed by atoms with E-state index < -0.39 is 41.0 Å². The SMILES string of the molecule is COC(=O)C(C)N1CCC(Nc2c(F)c(Oc3cccc(C4=NCCN4C)c3)nc(Oc3ccc(O)c(C(=N)N)c3)c2F)CC1. The number of hydrogen-bond donors (Lipinski definition) is 4. The third-order valence-electron chi connectivity index (χ3n) is 7.82. The average molecular weight is 624 g/mol. The zero-order valence-corrected chi connectivity index (χ0v) is 25.1. The van der Waals surface area contributed by atoms with Crippen molar-refractivity contribution < 1.29 is 32.9 Å². The molecule has 2 aromatic carbocycles. The van der Waals surface area contributed by atoms with Gasteiger partial charge in [0, 0.05) is 38.3 Å². The number of aliphatic imine (C=N–C) groups is 1. The monoisotopic (exact) mass is 623 g/mol. The fourth-order valence-electron chi connectivity index (χ4n) is 5.28. The van der Waals surface area contributed by atoms with E-state index >= 15 is 8.78 Å². The van der Waals surface area contributed by atoms with Gasteiger partial charge in [-0.25, -0.2) is 0 Å². The van der Waals surface area contributed by atoms with E-state index in [2.05, 4.69) is 15.3 Å². The van der Waals surface area contributed by atoms with Crippen molar-refractivity contribution in [1.29, 1.82) is 5.41 Å². The van der Waals surface area contributed by atoms with Crippen molar-refractivity contribution in [3.63, 3.8) is 0 Å². The second-order valence-corrected chi connectivity index (χ2v) is 10.8. The number of piperidine rings is 1. The molecule has 0 amide bonds. The Morgan fingerprint density at radius 2 is 1.76 bits per heavy atom. The van der Waals surface area contributed by atoms with Gasteiger partial charge in [-0.3, -0.25) is 20.1 Å². The number of amidine groups is 2. The number of aromatic hydroxyl groups is 1. The molecule has 45 heavy (non-hydrogen) atoms. The second-order valence-electron chi connectivity index (χ2n) is 10.8. The Morgan fingerprint density at radius 3 is 2.36 bits per heavy atom. The Hall–Kier alpha value is -4.98. The van der Waals surface area contributed by atoms with Crippen LogP contribution >= 0.6 is 0 Å². The number of likely N-dealkylation sites (N-methyl/N-ethyl adjacent to an activating group) is 1. The number of rotatable bonds is 10. The van der Waals surface area contributed by atoms with Gasteiger partial charge < -0.3 is 35.3 Å². The average Bonchev–Trinajstić information content (AvgIpc) is 3.47. The van der Waals surface area contributed by atoms with Gasteiger partial charge in [0.25, 0.3) is 11.8 Å². The molecule has 0 spiro atoms. The van der Waals surface area contributed by atoms with Gasteiger partial charge in [-0.05, 0) is 50.1 Å². The van der Waals surface area contributed by atoms with Crippen LogP contribution in [0.25, 0.3) is 0 Å². The highest BCUT2D eigenvalue weighted by atomic mass is 19.1. The normalized spacial score (nSPS) is 16.2. The molecule has 1 fully saturated rings. The number of nitrogen functional groups attached to an aromatic ring is 1. The molecule has 1 unspecified atom stereocenters. The third-order valence-corrected chi connectivity index (χ3v) is 7.82. The van der Waals surface area contributed by atoms with Gasteiger partial charge in [-0.15, -0.1) is 0 Å². The standard InChI is InChI=1S/C31H35F2N7O5/c1-17(31(42)43-3)40-12-9-19(10-13-40)37-26-24(32)29(44-20-6-4-5-18(15-20)28-36-11-14-39(28)2)38-30(25(26)33)45-21-7-8-23(41)22(16-21)27(34)35/h4-8,15-17,19,41H,9-14H2,1-3H3,(H3,34,35)(H,37,38). The number of carbonyl (C=O) groups excluding carboxylic acids is 1. The van der Waals surface area contributed by atoms with E-state index in [4.69, 9.17) is 25.4 Å². The van der Waals surface area contributed by atoms with Crippen LogP contribution < -0.4 is 20.5 Å². The molecule has 2 aliphatic rings. The van der Waals surface area contributed by atoms with Crippen LogP contribution in [0.3, 0.4) is 0 Å². The first-order chi connectivity index (χ1) is 21.5. The number of anilines is 1. The minimum Gasteiger partial charge on any atom is -0.507 e. The molecular weight excluding hydrogens is 588 g/mol. The number of benzene rings is 2. The molecule has 1 atom stereocenters. The molecule has 5 rings (SSSR count). The van der Waals surface area contributed by atoms with Crippen LogP contribution in [-0.2, 0) is 9.53 Å². The predicted octanol–water partition coefficient (Wildman–Crippen LogP) is 4.06. The van der Waals surface area contributed by atoms with Crippen LogP contribution in [0.5, 0.6) is 29.0 Å². The number of aromatic nitrogens is 1. The molecule has 1 aromatic heterocycles. The molecule has 0 aliphatic carbocycles. The lowest BCUT2D eigenvalue weighted by atomic mass is 10.0. The molecular formula is C31H35F2N7O5. The molecule has 2 aliphatic heterocycles. The first kappa shape index (κ1) is 31.4. The smallest absolute Gasteiger partial charge is 0.322 e. The minimum atomic E-state index is -1.10. The lowest BCUT2D eigenvalue weighted by Gasteiger charge is -2.35. The summed E-state index contributed by atoms with van der Waals surface area (Å²) >= 11 is 0. The number of hydrogen-bond acceptors (Lipinski definition) is 11. The van der Waals surface area contributed by atoms with Gasteiger partial charge in [0.05, 0.1) is 19.2 Å². The van der Waals surface area contributed by atoms with Gasteiger partial charge in [0.1, 0.15) is 40.6 Å². The summed E-state index contributed by atoms with van der Waals surface area (Å²) in [4.78, 5) is 24.5. The van der Waals surface area contributed by atoms with Crippen LogP contribution in [0.15, 0.2) is 47.5 Å². The van der Waals surface area contributed by atoms with E-state index in [1.165, 1.54) is 25.3 Å². The van der Waals surface area contributed by atoms with Crippen molar-refractivity contribution in [3.05, 3.63) is 65.2 Å². The lowest BCUT2D eigenvalue weighted by molar-refractivity contribution is -0.146. The Morgan fingerprint density at radius 1 is 1.09 bits per heavy atom. The largest absolute Gasteiger partial charge is 0.507 e. The van der Waals surface area contributed by atoms with E-state index in [1.54, 1.807) is 25.1 Å². The molecule has 0 bridgehead atoms. The fraction of sp³-hybridized carbons (Fsp3) is 0.355. The van der Waals surface area contributed by atoms with E-state index in [0.29, 0.717) is 32.5 Å². The quantitative estimate of drug-likeness (QED) is 0.147. The van der Waals surface area contributed by atoms with Gasteiger partial charge in [-0.1, -0.05) is 12.1 Å². The number of nitrogens with zero attached hydrogens (tertiary/aromatic N) is 4. The highest BCUT2D eigenvalue weighted by Gasteiger charge is 2.30. The number of esters is 1. The zero-order chi connectivity index (χ0) is 32.2. The Kier molecular flexibility index (Phi) is 9.32. The zero-order valence-electron chi connectivity index (χ0n) is 25.1. The summed E-state index contributed by atoms with van der Waals surface area (Å²) in [5.41, 5.74) is 5.78. The van der Waals surface area contributed by atoms with Crippen LogP contribution in [-0.4, -0.2) is 90.0 Å². The molecule has 238 valence electrons. The van der Waals surface area contributed by atoms with Crippen molar-refractivity contribution in [2.24, 2.45) is 10.7 Å². The van der Waals surface area contributed by atoms with Gasteiger partial charge >= 0.3 is 5.97 Å². The topological polar surface area (TPSA) is 159 Å². The fourth-order valence-corrected chi connectivity index (χ4v) is 5.28. The summed E-state index contributed by atoms with van der Waals surface area (Å²) in [6, 6.07) is 9.94. The molecule has 0 radical (unpaired) electrons. The first-order valence-electron chi connectivity index (χ1n) is 14.4. The van der Waals surface area contributed by atoms with Crippen molar-refractivity contribution >= 4 is 23.3 Å². The maximum Gasteiger partial charge on any atom is 0.322 e. The number of halogens is 2. The third kappa shape index (κ3) is 6.90. The molecule has 14 heteroatoms. The Bertz CT molecular complexity index is 1630. The molecule has 0 saturated carbocycles. The number of phenolic OH excluding ortho intramolecular Hbond substituents is 1. The van der Waals surface area contributed by atoms with Crippen LogP contribution in [0, 0.1) is 17.0 Å². The number of nitrogens with two attached hydrogens (primary N) is 1. The highest BCUT2D eigenvalue weighted by Crippen LogP contribution is 2.38. The van der Waals surface area contributed by atoms with Crippen molar-refractivity contribution in [2.75, 3.05) is 45.7 Å². The van der Waals surface area contributed by atoms with Gasteiger partial charge in [0.15, 0.2) is 0 Å². The Balaban J connectivity index is 1.46. The summed E-state index contributed by atoms with van der Waals surface area (Å²) < 4.78 is 48.4. The van der Waals surface area contributed by atoms with Gasteiger partial charge in [0.2, 0.25) is 11.6 Å². The van der Waals surface area contributed by atoms with E-state index in [0.717, 1.165) is 17.9 Å². The number of phenols is 1. The number of methoxy groups -OCH3 is 1. The molecule has 1 saturated heterocycles. The van der Waals surface area contributed by atoms with Crippen LogP contribution in [0.1, 0.15) is 30.9 Å². The summed E-state index contributed by atoms with van der Waals surface area (Å²) in [7, 11) is 3.25. The second kappa shape index (κ2) is 13.3. The number of ether oxygens (including phenoxy) is 3. The van der Waals surface area contributed by atoms with Crippen LogP contribution in [0.2, 0.25) is 0 Å². The maximum atomic E-state index is 16.0. The van der Waals surface area contributed by atoms with Crippen LogP contribution in [0.4, 0.5) is 14.5 Å². The van der Waals surface area contributed by atoms with Crippen molar-refractivity contribution in [3.8, 4) is 29.0 Å². The summed E-state index contributed by atoms with van der Waals surface area (Å²) in [6.45, 7) is 4.18. The predicted molar refractivity (Wildman–Crippen MR) is 164 cm³/mol. The van der Waals surface area contributed by atoms with Crippen molar-refractivity contribution in [2.45, 2.75) is 31.8 Å². The van der Waals surface area contributed by atoms with E-state index in [9.17, 15) is 9.90 Å². The highest BCUT2D eigenvalue weighted by molar-refractivity contribution is 6.00. The number of nitrogens with one attached hydrogen (secondary N) is 2. The number of likely N-dealkylation sites (tertiary alicyclic amines) is 1. The number of carbonyl (C=O) groups is 1. The summed E-state index contributed by atoms with van der Waals surface area (Å²) in [5.74, 6) is -3.31. The van der Waals surface area contributed by atoms with Gasteiger partial charge in [-0.2, -0.15) is 13.8 Å². The minimum absolute atomic E-state index is 0.00212. The molecule has 12 nitrogen and oxygen atoms in total. The van der Waals surface area contributed by atoms with E-state index in [-0.39, 0.29) is 34.8 Å². The number of pyridine rings is 1.